The van der Waals surface area contributed by atoms with Crippen molar-refractivity contribution in [2.45, 2.75) is 25.8 Å². The maximum atomic E-state index is 11.8. The number of hydrazine groups is 1. The highest BCUT2D eigenvalue weighted by molar-refractivity contribution is 6.32. The molecule has 1 aliphatic rings. The zero-order chi connectivity index (χ0) is 10.8. The summed E-state index contributed by atoms with van der Waals surface area (Å²) in [6.07, 6.45) is 5.02. The fourth-order valence-corrected chi connectivity index (χ4v) is 1.83. The zero-order valence-corrected chi connectivity index (χ0v) is 9.00. The zero-order valence-electron chi connectivity index (χ0n) is 8.24. The number of nitrogens with two attached hydrogens (primary N) is 1. The second-order valence-corrected chi connectivity index (χ2v) is 4.20. The summed E-state index contributed by atoms with van der Waals surface area (Å²) in [5, 5.41) is 4.24. The highest BCUT2D eigenvalue weighted by Crippen LogP contribution is 2.27. The van der Waals surface area contributed by atoms with E-state index in [0.29, 0.717) is 12.5 Å². The van der Waals surface area contributed by atoms with Crippen molar-refractivity contribution in [3.05, 3.63) is 21.6 Å². The van der Waals surface area contributed by atoms with Gasteiger partial charge in [-0.2, -0.15) is 5.10 Å². The van der Waals surface area contributed by atoms with Crippen molar-refractivity contribution in [3.63, 3.8) is 0 Å². The molecule has 0 bridgehead atoms. The van der Waals surface area contributed by atoms with Gasteiger partial charge in [0, 0.05) is 6.54 Å². The lowest BCUT2D eigenvalue weighted by atomic mass is 9.85. The number of rotatable bonds is 3. The van der Waals surface area contributed by atoms with Gasteiger partial charge in [0.05, 0.1) is 11.2 Å². The number of nitrogen functional groups attached to an aromatic ring is 1. The van der Waals surface area contributed by atoms with E-state index in [1.165, 1.54) is 30.1 Å². The summed E-state index contributed by atoms with van der Waals surface area (Å²) in [6.45, 7) is 0.657. The van der Waals surface area contributed by atoms with E-state index in [1.54, 1.807) is 0 Å². The summed E-state index contributed by atoms with van der Waals surface area (Å²) < 4.78 is 1.42. The molecule has 0 aliphatic heterocycles. The monoisotopic (exact) mass is 228 g/mol. The summed E-state index contributed by atoms with van der Waals surface area (Å²) >= 11 is 5.77. The third-order valence-electron chi connectivity index (χ3n) is 2.80. The second kappa shape index (κ2) is 4.20. The Morgan fingerprint density at radius 3 is 2.93 bits per heavy atom. The molecule has 0 amide bonds. The molecular weight excluding hydrogens is 216 g/mol. The van der Waals surface area contributed by atoms with Gasteiger partial charge in [0.1, 0.15) is 5.69 Å². The maximum Gasteiger partial charge on any atom is 0.292 e. The first-order valence-electron chi connectivity index (χ1n) is 4.94. The van der Waals surface area contributed by atoms with Gasteiger partial charge in [-0.3, -0.25) is 10.6 Å². The van der Waals surface area contributed by atoms with Crippen molar-refractivity contribution in [3.8, 4) is 0 Å². The second-order valence-electron chi connectivity index (χ2n) is 3.80. The first kappa shape index (κ1) is 10.4. The predicted octanol–water partition coefficient (Wildman–Crippen LogP) is 0.982. The average Bonchev–Trinajstić information content (AvgIpc) is 2.15. The number of nitrogens with zero attached hydrogens (tertiary/aromatic N) is 2. The van der Waals surface area contributed by atoms with Crippen molar-refractivity contribution in [2.75, 3.05) is 5.43 Å². The Hall–Kier alpha value is -1.07. The molecule has 1 aromatic heterocycles. The van der Waals surface area contributed by atoms with Gasteiger partial charge in [0.25, 0.3) is 5.56 Å². The minimum absolute atomic E-state index is 0.214. The van der Waals surface area contributed by atoms with E-state index in [0.717, 1.165) is 0 Å². The normalized spacial score (nSPS) is 16.1. The first-order chi connectivity index (χ1) is 7.22. The molecule has 1 fully saturated rings. The molecule has 0 radical (unpaired) electrons. The van der Waals surface area contributed by atoms with Crippen molar-refractivity contribution >= 4 is 17.3 Å². The van der Waals surface area contributed by atoms with Crippen LogP contribution in [0.1, 0.15) is 19.3 Å². The summed E-state index contributed by atoms with van der Waals surface area (Å²) in [7, 11) is 0. The lowest BCUT2D eigenvalue weighted by molar-refractivity contribution is 0.262. The lowest BCUT2D eigenvalue weighted by Crippen LogP contribution is -2.31. The molecule has 1 heterocycles. The van der Waals surface area contributed by atoms with Gasteiger partial charge < -0.3 is 5.43 Å². The highest BCUT2D eigenvalue weighted by Gasteiger charge is 2.19. The Labute approximate surface area is 92.2 Å². The Kier molecular flexibility index (Phi) is 2.93. The van der Waals surface area contributed by atoms with Crippen molar-refractivity contribution < 1.29 is 0 Å². The van der Waals surface area contributed by atoms with E-state index in [9.17, 15) is 4.79 Å². The van der Waals surface area contributed by atoms with E-state index in [-0.39, 0.29) is 16.3 Å². The van der Waals surface area contributed by atoms with Gasteiger partial charge in [-0.1, -0.05) is 18.0 Å². The van der Waals surface area contributed by atoms with Crippen LogP contribution in [0.15, 0.2) is 11.0 Å². The van der Waals surface area contributed by atoms with Gasteiger partial charge in [-0.15, -0.1) is 0 Å². The van der Waals surface area contributed by atoms with Crippen LogP contribution in [0.3, 0.4) is 0 Å². The molecule has 5 nitrogen and oxygen atoms in total. The molecule has 2 rings (SSSR count). The van der Waals surface area contributed by atoms with Crippen LogP contribution >= 0.6 is 11.6 Å². The highest BCUT2D eigenvalue weighted by atomic mass is 35.5. The molecule has 15 heavy (non-hydrogen) atoms. The van der Waals surface area contributed by atoms with Crippen LogP contribution in [-0.4, -0.2) is 9.78 Å². The molecule has 3 N–H and O–H groups in total. The van der Waals surface area contributed by atoms with Gasteiger partial charge in [0.15, 0.2) is 0 Å². The molecular formula is C9H13ClN4O. The summed E-state index contributed by atoms with van der Waals surface area (Å²) in [5.74, 6) is 5.79. The van der Waals surface area contributed by atoms with Crippen molar-refractivity contribution in [2.24, 2.45) is 11.8 Å². The minimum Gasteiger partial charge on any atom is -0.318 e. The van der Waals surface area contributed by atoms with Crippen LogP contribution in [0.2, 0.25) is 5.02 Å². The third kappa shape index (κ3) is 1.98. The third-order valence-corrected chi connectivity index (χ3v) is 3.08. The molecule has 6 heteroatoms. The Bertz CT molecular complexity index is 413. The summed E-state index contributed by atoms with van der Waals surface area (Å²) in [4.78, 5) is 11.8. The molecule has 1 saturated carbocycles. The number of aromatic nitrogens is 2. The summed E-state index contributed by atoms with van der Waals surface area (Å²) in [6, 6.07) is 0. The Morgan fingerprint density at radius 1 is 1.67 bits per heavy atom. The molecule has 82 valence electrons. The molecule has 0 aromatic carbocycles. The van der Waals surface area contributed by atoms with Crippen LogP contribution in [0.4, 0.5) is 5.69 Å². The molecule has 1 aromatic rings. The van der Waals surface area contributed by atoms with Crippen LogP contribution < -0.4 is 16.8 Å². The number of hydrogen-bond acceptors (Lipinski definition) is 4. The van der Waals surface area contributed by atoms with Crippen LogP contribution in [0, 0.1) is 5.92 Å². The number of hydrogen-bond donors (Lipinski definition) is 2. The van der Waals surface area contributed by atoms with Crippen LogP contribution in [0.25, 0.3) is 0 Å². The number of nitrogens with one attached hydrogen (secondary N) is 1. The fourth-order valence-electron chi connectivity index (χ4n) is 1.65. The fraction of sp³-hybridized carbons (Fsp3) is 0.556. The van der Waals surface area contributed by atoms with Crippen molar-refractivity contribution in [1.29, 1.82) is 0 Å². The van der Waals surface area contributed by atoms with Gasteiger partial charge in [-0.25, -0.2) is 4.68 Å². The minimum atomic E-state index is -0.253. The summed E-state index contributed by atoms with van der Waals surface area (Å²) in [5.41, 5.74) is 2.27. The molecule has 1 aliphatic carbocycles. The quantitative estimate of drug-likeness (QED) is 0.598. The van der Waals surface area contributed by atoms with E-state index in [2.05, 4.69) is 10.5 Å². The van der Waals surface area contributed by atoms with Gasteiger partial charge in [-0.05, 0) is 18.8 Å². The number of anilines is 1. The van der Waals surface area contributed by atoms with Gasteiger partial charge >= 0.3 is 0 Å². The smallest absolute Gasteiger partial charge is 0.292 e. The Morgan fingerprint density at radius 2 is 2.40 bits per heavy atom. The standard InChI is InChI=1S/C9H13ClN4O/c10-7-4-12-14(5-6-2-1-3-6)9(15)8(7)13-11/h4,6,13H,1-3,5,11H2. The van der Waals surface area contributed by atoms with E-state index in [4.69, 9.17) is 17.4 Å². The van der Waals surface area contributed by atoms with E-state index in [1.807, 2.05) is 0 Å². The van der Waals surface area contributed by atoms with Crippen LogP contribution in [0.5, 0.6) is 0 Å². The van der Waals surface area contributed by atoms with E-state index < -0.39 is 0 Å². The topological polar surface area (TPSA) is 72.9 Å². The van der Waals surface area contributed by atoms with Crippen LogP contribution in [-0.2, 0) is 6.54 Å². The molecule has 0 atom stereocenters. The van der Waals surface area contributed by atoms with Crippen molar-refractivity contribution in [1.82, 2.24) is 9.78 Å². The predicted molar refractivity (Wildman–Crippen MR) is 58.7 cm³/mol. The molecule has 0 spiro atoms. The Balaban J connectivity index is 2.27. The molecule has 0 saturated heterocycles. The lowest BCUT2D eigenvalue weighted by Gasteiger charge is -2.25. The van der Waals surface area contributed by atoms with Gasteiger partial charge in [0.2, 0.25) is 0 Å². The number of halogens is 1. The largest absolute Gasteiger partial charge is 0.318 e. The SMILES string of the molecule is NNc1c(Cl)cnn(CC2CCC2)c1=O. The average molecular weight is 229 g/mol. The molecule has 0 unspecified atom stereocenters. The maximum absolute atomic E-state index is 11.8. The first-order valence-corrected chi connectivity index (χ1v) is 5.32. The van der Waals surface area contributed by atoms with E-state index >= 15 is 0 Å².